The van der Waals surface area contributed by atoms with Crippen LogP contribution in [0.4, 0.5) is 0 Å². The highest BCUT2D eigenvalue weighted by atomic mass is 16.5. The second-order valence-corrected chi connectivity index (χ2v) is 4.85. The first kappa shape index (κ1) is 14.4. The molecule has 2 atom stereocenters. The van der Waals surface area contributed by atoms with Crippen LogP contribution in [0.5, 0.6) is 0 Å². The lowest BCUT2D eigenvalue weighted by Crippen LogP contribution is -2.49. The minimum Gasteiger partial charge on any atom is -0.381 e. The monoisotopic (exact) mass is 243 g/mol. The maximum Gasteiger partial charge on any atom is 0.223 e. The number of hydrogen-bond donors (Lipinski definition) is 1. The van der Waals surface area contributed by atoms with Crippen molar-refractivity contribution in [3.05, 3.63) is 0 Å². The van der Waals surface area contributed by atoms with E-state index in [4.69, 9.17) is 10.5 Å². The Morgan fingerprint density at radius 1 is 1.53 bits per heavy atom. The van der Waals surface area contributed by atoms with Gasteiger partial charge in [-0.15, -0.1) is 0 Å². The molecule has 0 spiro atoms. The topological polar surface area (TPSA) is 58.8 Å². The third-order valence-electron chi connectivity index (χ3n) is 3.51. The molecule has 1 saturated heterocycles. The summed E-state index contributed by atoms with van der Waals surface area (Å²) in [7, 11) is 5.34. The molecule has 17 heavy (non-hydrogen) atoms. The minimum atomic E-state index is 0.176. The predicted molar refractivity (Wildman–Crippen MR) is 67.8 cm³/mol. The molecule has 0 saturated carbocycles. The van der Waals surface area contributed by atoms with Crippen LogP contribution in [0.3, 0.4) is 0 Å². The number of amides is 1. The van der Waals surface area contributed by atoms with E-state index in [-0.39, 0.29) is 5.91 Å². The summed E-state index contributed by atoms with van der Waals surface area (Å²) < 4.78 is 5.38. The second kappa shape index (κ2) is 6.93. The average Bonchev–Trinajstić information content (AvgIpc) is 2.35. The van der Waals surface area contributed by atoms with E-state index in [1.807, 2.05) is 0 Å². The highest BCUT2D eigenvalue weighted by Crippen LogP contribution is 2.19. The normalized spacial score (nSPS) is 25.9. The summed E-state index contributed by atoms with van der Waals surface area (Å²) in [4.78, 5) is 15.5. The molecule has 5 nitrogen and oxygen atoms in total. The predicted octanol–water partition coefficient (Wildman–Crippen LogP) is -0.0972. The molecule has 1 fully saturated rings. The van der Waals surface area contributed by atoms with Gasteiger partial charge in [-0.3, -0.25) is 9.69 Å². The summed E-state index contributed by atoms with van der Waals surface area (Å²) in [6.45, 7) is 2.41. The molecule has 0 aromatic carbocycles. The van der Waals surface area contributed by atoms with Crippen molar-refractivity contribution in [1.82, 2.24) is 9.80 Å². The lowest BCUT2D eigenvalue weighted by atomic mass is 9.99. The molecule has 1 aliphatic heterocycles. The van der Waals surface area contributed by atoms with Gasteiger partial charge in [0.1, 0.15) is 0 Å². The molecule has 2 unspecified atom stereocenters. The van der Waals surface area contributed by atoms with Crippen LogP contribution in [0.2, 0.25) is 0 Å². The van der Waals surface area contributed by atoms with E-state index in [1.54, 1.807) is 26.1 Å². The SMILES string of the molecule is COC1CCN(CCC(=O)N(C)C)C(CN)C1. The molecule has 1 rings (SSSR count). The number of hydrogen-bond acceptors (Lipinski definition) is 4. The Balaban J connectivity index is 2.39. The van der Waals surface area contributed by atoms with E-state index in [9.17, 15) is 4.79 Å². The van der Waals surface area contributed by atoms with Crippen molar-refractivity contribution < 1.29 is 9.53 Å². The van der Waals surface area contributed by atoms with Gasteiger partial charge in [-0.25, -0.2) is 0 Å². The van der Waals surface area contributed by atoms with Gasteiger partial charge in [-0.1, -0.05) is 0 Å². The van der Waals surface area contributed by atoms with Gasteiger partial charge in [0.15, 0.2) is 0 Å². The summed E-state index contributed by atoms with van der Waals surface area (Å²) >= 11 is 0. The van der Waals surface area contributed by atoms with Gasteiger partial charge < -0.3 is 15.4 Å². The van der Waals surface area contributed by atoms with Crippen molar-refractivity contribution in [1.29, 1.82) is 0 Å². The zero-order chi connectivity index (χ0) is 12.8. The van der Waals surface area contributed by atoms with Crippen molar-refractivity contribution in [3.63, 3.8) is 0 Å². The van der Waals surface area contributed by atoms with Crippen molar-refractivity contribution in [3.8, 4) is 0 Å². The number of piperidine rings is 1. The van der Waals surface area contributed by atoms with Crippen LogP contribution in [0.15, 0.2) is 0 Å². The lowest BCUT2D eigenvalue weighted by Gasteiger charge is -2.38. The smallest absolute Gasteiger partial charge is 0.223 e. The lowest BCUT2D eigenvalue weighted by molar-refractivity contribution is -0.129. The largest absolute Gasteiger partial charge is 0.381 e. The van der Waals surface area contributed by atoms with Gasteiger partial charge >= 0.3 is 0 Å². The number of likely N-dealkylation sites (tertiary alicyclic amines) is 1. The highest BCUT2D eigenvalue weighted by molar-refractivity contribution is 5.75. The number of ether oxygens (including phenoxy) is 1. The number of carbonyl (C=O) groups is 1. The number of nitrogens with two attached hydrogens (primary N) is 1. The van der Waals surface area contributed by atoms with Crippen LogP contribution in [0.25, 0.3) is 0 Å². The van der Waals surface area contributed by atoms with Crippen LogP contribution >= 0.6 is 0 Å². The van der Waals surface area contributed by atoms with Crippen LogP contribution in [0.1, 0.15) is 19.3 Å². The zero-order valence-electron chi connectivity index (χ0n) is 11.2. The first-order chi connectivity index (χ1) is 8.08. The quantitative estimate of drug-likeness (QED) is 0.733. The van der Waals surface area contributed by atoms with Gasteiger partial charge in [0.25, 0.3) is 0 Å². The number of nitrogens with zero attached hydrogens (tertiary/aromatic N) is 2. The summed E-state index contributed by atoms with van der Waals surface area (Å²) in [5.74, 6) is 0.176. The minimum absolute atomic E-state index is 0.176. The molecule has 0 bridgehead atoms. The number of methoxy groups -OCH3 is 1. The molecular weight excluding hydrogens is 218 g/mol. The van der Waals surface area contributed by atoms with Crippen LogP contribution in [0, 0.1) is 0 Å². The molecule has 1 heterocycles. The van der Waals surface area contributed by atoms with Crippen LogP contribution in [-0.2, 0) is 9.53 Å². The Kier molecular flexibility index (Phi) is 5.88. The molecule has 100 valence electrons. The zero-order valence-corrected chi connectivity index (χ0v) is 11.2. The Morgan fingerprint density at radius 2 is 2.24 bits per heavy atom. The van der Waals surface area contributed by atoms with E-state index in [0.29, 0.717) is 25.1 Å². The third kappa shape index (κ3) is 4.26. The summed E-state index contributed by atoms with van der Waals surface area (Å²) in [5, 5.41) is 0. The Bertz CT molecular complexity index is 246. The molecule has 0 aromatic heterocycles. The number of rotatable bonds is 5. The van der Waals surface area contributed by atoms with Gasteiger partial charge in [0, 0.05) is 53.3 Å². The molecule has 0 aromatic rings. The first-order valence-corrected chi connectivity index (χ1v) is 6.25. The van der Waals surface area contributed by atoms with E-state index < -0.39 is 0 Å². The first-order valence-electron chi connectivity index (χ1n) is 6.25. The molecule has 1 amide bonds. The molecule has 0 aliphatic carbocycles. The molecule has 1 aliphatic rings. The van der Waals surface area contributed by atoms with Crippen molar-refractivity contribution in [2.75, 3.05) is 40.8 Å². The average molecular weight is 243 g/mol. The van der Waals surface area contributed by atoms with Gasteiger partial charge in [-0.05, 0) is 12.8 Å². The van der Waals surface area contributed by atoms with Gasteiger partial charge in [0.05, 0.1) is 6.10 Å². The van der Waals surface area contributed by atoms with E-state index in [2.05, 4.69) is 4.90 Å². The van der Waals surface area contributed by atoms with E-state index >= 15 is 0 Å². The van der Waals surface area contributed by atoms with E-state index in [1.165, 1.54) is 0 Å². The summed E-state index contributed by atoms with van der Waals surface area (Å²) in [6.07, 6.45) is 2.90. The molecular formula is C12H25N3O2. The Labute approximate surface area is 104 Å². The fourth-order valence-corrected chi connectivity index (χ4v) is 2.28. The fraction of sp³-hybridized carbons (Fsp3) is 0.917. The van der Waals surface area contributed by atoms with Crippen molar-refractivity contribution in [2.45, 2.75) is 31.4 Å². The Morgan fingerprint density at radius 3 is 2.76 bits per heavy atom. The summed E-state index contributed by atoms with van der Waals surface area (Å²) in [6, 6.07) is 0.351. The van der Waals surface area contributed by atoms with Crippen molar-refractivity contribution in [2.24, 2.45) is 5.73 Å². The maximum atomic E-state index is 11.5. The molecule has 2 N–H and O–H groups in total. The standard InChI is InChI=1S/C12H25N3O2/c1-14(2)12(16)5-7-15-6-4-11(17-3)8-10(15)9-13/h10-11H,4-9,13H2,1-3H3. The van der Waals surface area contributed by atoms with Crippen molar-refractivity contribution >= 4 is 5.91 Å². The second-order valence-electron chi connectivity index (χ2n) is 4.85. The van der Waals surface area contributed by atoms with Gasteiger partial charge in [-0.2, -0.15) is 0 Å². The van der Waals surface area contributed by atoms with Crippen LogP contribution < -0.4 is 5.73 Å². The summed E-state index contributed by atoms with van der Waals surface area (Å²) in [5.41, 5.74) is 5.78. The molecule has 0 radical (unpaired) electrons. The molecule has 5 heteroatoms. The van der Waals surface area contributed by atoms with E-state index in [0.717, 1.165) is 25.9 Å². The third-order valence-corrected chi connectivity index (χ3v) is 3.51. The van der Waals surface area contributed by atoms with Gasteiger partial charge in [0.2, 0.25) is 5.91 Å². The Hall–Kier alpha value is -0.650. The highest BCUT2D eigenvalue weighted by Gasteiger charge is 2.27. The fourth-order valence-electron chi connectivity index (χ4n) is 2.28. The maximum absolute atomic E-state index is 11.5. The number of carbonyl (C=O) groups excluding carboxylic acids is 1. The van der Waals surface area contributed by atoms with Crippen LogP contribution in [-0.4, -0.2) is 68.7 Å².